The lowest BCUT2D eigenvalue weighted by Crippen LogP contribution is -2.25. The predicted molar refractivity (Wildman–Crippen MR) is 143 cm³/mol. The Kier molecular flexibility index (Phi) is 8.18. The summed E-state index contributed by atoms with van der Waals surface area (Å²) in [5, 5.41) is 6.93. The van der Waals surface area contributed by atoms with Crippen LogP contribution in [-0.2, 0) is 9.53 Å². The quantitative estimate of drug-likeness (QED) is 0.206. The summed E-state index contributed by atoms with van der Waals surface area (Å²) in [5.41, 5.74) is 5.92. The Labute approximate surface area is 214 Å². The summed E-state index contributed by atoms with van der Waals surface area (Å²) in [6, 6.07) is 32.3. The summed E-state index contributed by atoms with van der Waals surface area (Å²) in [5.74, 6) is -1.72. The molecule has 7 heteroatoms. The number of methoxy groups -OCH3 is 1. The van der Waals surface area contributed by atoms with Crippen LogP contribution in [0.1, 0.15) is 43.3 Å². The molecule has 184 valence electrons. The molecule has 4 rings (SSSR count). The number of carbonyl (C=O) groups is 3. The summed E-state index contributed by atoms with van der Waals surface area (Å²) >= 11 is 0. The largest absolute Gasteiger partial charge is 0.465 e. The number of rotatable bonds is 8. The van der Waals surface area contributed by atoms with Gasteiger partial charge in [-0.3, -0.25) is 9.59 Å². The number of hydrazone groups is 1. The van der Waals surface area contributed by atoms with Crippen molar-refractivity contribution in [1.29, 1.82) is 0 Å². The molecule has 4 aromatic rings. The third-order valence-corrected chi connectivity index (χ3v) is 5.67. The minimum atomic E-state index is -0.551. The molecule has 0 bridgehead atoms. The van der Waals surface area contributed by atoms with E-state index in [1.807, 2.05) is 60.7 Å². The minimum absolute atomic E-state index is 0.258. The minimum Gasteiger partial charge on any atom is -0.465 e. The van der Waals surface area contributed by atoms with E-state index in [9.17, 15) is 14.4 Å². The molecular weight excluding hydrogens is 466 g/mol. The topological polar surface area (TPSA) is 96.9 Å². The van der Waals surface area contributed by atoms with E-state index >= 15 is 0 Å². The Morgan fingerprint density at radius 3 is 1.92 bits per heavy atom. The number of nitrogens with zero attached hydrogens (tertiary/aromatic N) is 1. The van der Waals surface area contributed by atoms with Crippen LogP contribution in [0, 0.1) is 0 Å². The van der Waals surface area contributed by atoms with Crippen molar-refractivity contribution < 1.29 is 19.1 Å². The van der Waals surface area contributed by atoms with Gasteiger partial charge in [0.1, 0.15) is 0 Å². The number of carbonyl (C=O) groups excluding carboxylic acids is 3. The van der Waals surface area contributed by atoms with Gasteiger partial charge in [-0.1, -0.05) is 84.9 Å². The second-order valence-electron chi connectivity index (χ2n) is 8.10. The van der Waals surface area contributed by atoms with E-state index in [0.717, 1.165) is 11.1 Å². The Morgan fingerprint density at radius 2 is 1.32 bits per heavy atom. The second kappa shape index (κ2) is 12.1. The van der Waals surface area contributed by atoms with Gasteiger partial charge in [0.2, 0.25) is 5.91 Å². The van der Waals surface area contributed by atoms with E-state index in [0.29, 0.717) is 16.8 Å². The van der Waals surface area contributed by atoms with E-state index in [1.54, 1.807) is 48.5 Å². The maximum absolute atomic E-state index is 13.5. The van der Waals surface area contributed by atoms with Crippen LogP contribution < -0.4 is 10.7 Å². The first-order chi connectivity index (χ1) is 18.1. The number of anilines is 1. The zero-order valence-electron chi connectivity index (χ0n) is 20.1. The summed E-state index contributed by atoms with van der Waals surface area (Å²) in [6.45, 7) is 0. The highest BCUT2D eigenvalue weighted by molar-refractivity contribution is 6.06. The number of nitrogens with one attached hydrogen (secondary N) is 2. The average Bonchev–Trinajstić information content (AvgIpc) is 2.94. The first-order valence-electron chi connectivity index (χ1n) is 11.6. The van der Waals surface area contributed by atoms with Crippen molar-refractivity contribution in [3.05, 3.63) is 137 Å². The highest BCUT2D eigenvalue weighted by Crippen LogP contribution is 2.27. The lowest BCUT2D eigenvalue weighted by atomic mass is 9.90. The molecule has 37 heavy (non-hydrogen) atoms. The molecule has 0 spiro atoms. The Balaban J connectivity index is 1.49. The third kappa shape index (κ3) is 6.35. The molecule has 0 radical (unpaired) electrons. The van der Waals surface area contributed by atoms with Crippen LogP contribution >= 0.6 is 0 Å². The molecule has 0 aliphatic rings. The first-order valence-corrected chi connectivity index (χ1v) is 11.6. The average molecular weight is 492 g/mol. The fourth-order valence-electron chi connectivity index (χ4n) is 3.83. The van der Waals surface area contributed by atoms with Crippen LogP contribution in [0.15, 0.2) is 114 Å². The zero-order valence-corrected chi connectivity index (χ0v) is 20.1. The van der Waals surface area contributed by atoms with Gasteiger partial charge in [0.25, 0.3) is 5.91 Å². The Morgan fingerprint density at radius 1 is 0.757 bits per heavy atom. The van der Waals surface area contributed by atoms with Crippen molar-refractivity contribution >= 4 is 29.7 Å². The molecule has 0 fully saturated rings. The van der Waals surface area contributed by atoms with Crippen molar-refractivity contribution in [2.24, 2.45) is 5.10 Å². The number of esters is 1. The van der Waals surface area contributed by atoms with Gasteiger partial charge in [0.05, 0.1) is 36.1 Å². The number of para-hydroxylation sites is 1. The van der Waals surface area contributed by atoms with Crippen LogP contribution in [0.2, 0.25) is 0 Å². The molecule has 2 N–H and O–H groups in total. The molecule has 0 aromatic heterocycles. The maximum atomic E-state index is 13.5. The number of ether oxygens (including phenoxy) is 1. The van der Waals surface area contributed by atoms with Crippen LogP contribution in [0.5, 0.6) is 0 Å². The van der Waals surface area contributed by atoms with Gasteiger partial charge < -0.3 is 10.1 Å². The fraction of sp³-hybridized carbons (Fsp3) is 0.0667. The summed E-state index contributed by atoms with van der Waals surface area (Å²) < 4.78 is 4.68. The lowest BCUT2D eigenvalue weighted by molar-refractivity contribution is -0.116. The predicted octanol–water partition coefficient (Wildman–Crippen LogP) is 5.01. The van der Waals surface area contributed by atoms with E-state index in [4.69, 9.17) is 0 Å². The highest BCUT2D eigenvalue weighted by atomic mass is 16.5. The first kappa shape index (κ1) is 25.1. The van der Waals surface area contributed by atoms with Crippen molar-refractivity contribution in [1.82, 2.24) is 5.43 Å². The Bertz CT molecular complexity index is 1360. The van der Waals surface area contributed by atoms with Gasteiger partial charge >= 0.3 is 5.97 Å². The van der Waals surface area contributed by atoms with Gasteiger partial charge in [0.15, 0.2) is 0 Å². The van der Waals surface area contributed by atoms with Crippen LogP contribution in [0.3, 0.4) is 0 Å². The van der Waals surface area contributed by atoms with Gasteiger partial charge in [-0.05, 0) is 41.0 Å². The fourth-order valence-corrected chi connectivity index (χ4v) is 3.83. The molecular formula is C30H25N3O4. The highest BCUT2D eigenvalue weighted by Gasteiger charge is 2.24. The van der Waals surface area contributed by atoms with Gasteiger partial charge in [-0.2, -0.15) is 5.10 Å². The van der Waals surface area contributed by atoms with Crippen LogP contribution in [0.25, 0.3) is 0 Å². The lowest BCUT2D eigenvalue weighted by Gasteiger charge is -2.19. The number of hydrogen-bond donors (Lipinski definition) is 2. The molecule has 0 saturated heterocycles. The number of amides is 2. The Hall–Kier alpha value is -5.04. The van der Waals surface area contributed by atoms with Gasteiger partial charge in [-0.25, -0.2) is 10.2 Å². The standard InChI is InChI=1S/C30H25N3O4/c1-37-30(36)24-18-16-21(17-19-24)20-31-33-28(34)25-14-8-9-15-26(25)32-29(35)27(22-10-4-2-5-11-22)23-12-6-3-7-13-23/h2-20,27H,1H3,(H,32,35)(H,33,34)/b31-20-. The van der Waals surface area contributed by atoms with E-state index in [1.165, 1.54) is 13.3 Å². The zero-order chi connectivity index (χ0) is 26.0. The molecule has 0 aliphatic carbocycles. The molecule has 0 heterocycles. The van der Waals surface area contributed by atoms with Gasteiger partial charge in [-0.15, -0.1) is 0 Å². The van der Waals surface area contributed by atoms with E-state index in [2.05, 4.69) is 20.6 Å². The van der Waals surface area contributed by atoms with E-state index in [-0.39, 0.29) is 11.5 Å². The molecule has 0 unspecified atom stereocenters. The van der Waals surface area contributed by atoms with Crippen molar-refractivity contribution in [2.45, 2.75) is 5.92 Å². The normalized spacial score (nSPS) is 10.8. The number of hydrogen-bond acceptors (Lipinski definition) is 5. The molecule has 2 amide bonds. The maximum Gasteiger partial charge on any atom is 0.337 e. The summed E-state index contributed by atoms with van der Waals surface area (Å²) in [4.78, 5) is 37.9. The van der Waals surface area contributed by atoms with Gasteiger partial charge in [0, 0.05) is 0 Å². The molecule has 0 atom stereocenters. The molecule has 0 aliphatic heterocycles. The number of benzene rings is 4. The van der Waals surface area contributed by atoms with Crippen molar-refractivity contribution in [3.8, 4) is 0 Å². The summed E-state index contributed by atoms with van der Waals surface area (Å²) in [7, 11) is 1.32. The monoisotopic (exact) mass is 491 g/mol. The molecule has 7 nitrogen and oxygen atoms in total. The summed E-state index contributed by atoms with van der Waals surface area (Å²) in [6.07, 6.45) is 1.46. The van der Waals surface area contributed by atoms with Crippen LogP contribution in [0.4, 0.5) is 5.69 Å². The third-order valence-electron chi connectivity index (χ3n) is 5.67. The van der Waals surface area contributed by atoms with Crippen molar-refractivity contribution in [2.75, 3.05) is 12.4 Å². The molecule has 0 saturated carbocycles. The second-order valence-corrected chi connectivity index (χ2v) is 8.10. The van der Waals surface area contributed by atoms with Crippen LogP contribution in [-0.4, -0.2) is 31.1 Å². The molecule has 4 aromatic carbocycles. The SMILES string of the molecule is COC(=O)c1ccc(/C=N\NC(=O)c2ccccc2NC(=O)C(c2ccccc2)c2ccccc2)cc1. The van der Waals surface area contributed by atoms with Crippen molar-refractivity contribution in [3.63, 3.8) is 0 Å². The smallest absolute Gasteiger partial charge is 0.337 e. The van der Waals surface area contributed by atoms with E-state index < -0.39 is 17.8 Å².